The minimum Gasteiger partial charge on any atom is -0.497 e. The van der Waals surface area contributed by atoms with Gasteiger partial charge in [0.15, 0.2) is 0 Å². The van der Waals surface area contributed by atoms with Crippen molar-refractivity contribution < 1.29 is 18.3 Å². The van der Waals surface area contributed by atoms with E-state index in [2.05, 4.69) is 16.0 Å². The van der Waals surface area contributed by atoms with Gasteiger partial charge in [-0.25, -0.2) is 13.6 Å². The molecule has 1 saturated heterocycles. The molecule has 3 rings (SSSR count). The highest BCUT2D eigenvalue weighted by Gasteiger charge is 2.32. The number of nitrogens with one attached hydrogen (secondary N) is 3. The van der Waals surface area contributed by atoms with E-state index in [9.17, 15) is 13.6 Å². The van der Waals surface area contributed by atoms with Crippen LogP contribution >= 0.6 is 11.6 Å². The molecule has 27 heavy (non-hydrogen) atoms. The summed E-state index contributed by atoms with van der Waals surface area (Å²) in [5.41, 5.74) is 0.535. The molecular formula is C19H20ClF2N3O2. The Kier molecular flexibility index (Phi) is 6.13. The Morgan fingerprint density at radius 2 is 1.89 bits per heavy atom. The molecule has 0 radical (unpaired) electrons. The summed E-state index contributed by atoms with van der Waals surface area (Å²) < 4.78 is 33.9. The number of amides is 2. The number of ether oxygens (including phenoxy) is 1. The molecule has 0 aliphatic carbocycles. The fraction of sp³-hybridized carbons (Fsp3) is 0.316. The number of rotatable bonds is 4. The van der Waals surface area contributed by atoms with E-state index >= 15 is 0 Å². The summed E-state index contributed by atoms with van der Waals surface area (Å²) in [5, 5.41) is 9.20. The molecule has 2 amide bonds. The highest BCUT2D eigenvalue weighted by molar-refractivity contribution is 6.30. The van der Waals surface area contributed by atoms with Crippen molar-refractivity contribution in [3.8, 4) is 5.75 Å². The number of carbonyl (C=O) groups excluding carboxylic acids is 1. The lowest BCUT2D eigenvalue weighted by Crippen LogP contribution is -2.51. The molecule has 2 aromatic rings. The molecule has 0 saturated carbocycles. The standard InChI is InChI=1S/C19H20ClF2N3O2/c1-27-13-8-15(21)18(16(22)9-13)14-6-7-23-10-17(14)25-19(26)24-12-4-2-11(20)3-5-12/h2-5,8-9,14,17,23H,6-7,10H2,1H3,(H2,24,25,26). The maximum absolute atomic E-state index is 14.5. The van der Waals surface area contributed by atoms with E-state index in [-0.39, 0.29) is 11.3 Å². The number of hydrogen-bond donors (Lipinski definition) is 3. The Morgan fingerprint density at radius 1 is 1.22 bits per heavy atom. The Balaban J connectivity index is 1.76. The monoisotopic (exact) mass is 395 g/mol. The van der Waals surface area contributed by atoms with Crippen LogP contribution in [0.25, 0.3) is 0 Å². The van der Waals surface area contributed by atoms with Crippen LogP contribution in [0.5, 0.6) is 5.75 Å². The lowest BCUT2D eigenvalue weighted by atomic mass is 9.85. The van der Waals surface area contributed by atoms with Gasteiger partial charge in [-0.3, -0.25) is 0 Å². The minimum atomic E-state index is -0.677. The van der Waals surface area contributed by atoms with Crippen LogP contribution in [-0.2, 0) is 0 Å². The van der Waals surface area contributed by atoms with Gasteiger partial charge in [0, 0.05) is 40.9 Å². The third-order valence-corrected chi connectivity index (χ3v) is 4.81. The first kappa shape index (κ1) is 19.4. The molecular weight excluding hydrogens is 376 g/mol. The third kappa shape index (κ3) is 4.67. The van der Waals surface area contributed by atoms with Crippen molar-refractivity contribution >= 4 is 23.3 Å². The Hall–Kier alpha value is -2.38. The number of piperidine rings is 1. The van der Waals surface area contributed by atoms with Crippen molar-refractivity contribution in [3.63, 3.8) is 0 Å². The zero-order valence-corrected chi connectivity index (χ0v) is 15.4. The first-order chi connectivity index (χ1) is 13.0. The van der Waals surface area contributed by atoms with Gasteiger partial charge in [0.1, 0.15) is 17.4 Å². The quantitative estimate of drug-likeness (QED) is 0.736. The van der Waals surface area contributed by atoms with Gasteiger partial charge in [0.05, 0.1) is 13.2 Å². The van der Waals surface area contributed by atoms with Crippen LogP contribution < -0.4 is 20.7 Å². The van der Waals surface area contributed by atoms with Crippen LogP contribution in [0.2, 0.25) is 5.02 Å². The maximum atomic E-state index is 14.5. The van der Waals surface area contributed by atoms with Gasteiger partial charge < -0.3 is 20.7 Å². The normalized spacial score (nSPS) is 19.4. The number of anilines is 1. The number of methoxy groups -OCH3 is 1. The van der Waals surface area contributed by atoms with Crippen LogP contribution in [0.3, 0.4) is 0 Å². The molecule has 144 valence electrons. The van der Waals surface area contributed by atoms with E-state index in [1.165, 1.54) is 7.11 Å². The molecule has 1 fully saturated rings. The van der Waals surface area contributed by atoms with Gasteiger partial charge in [-0.2, -0.15) is 0 Å². The van der Waals surface area contributed by atoms with Gasteiger partial charge >= 0.3 is 6.03 Å². The molecule has 2 atom stereocenters. The van der Waals surface area contributed by atoms with E-state index < -0.39 is 29.6 Å². The van der Waals surface area contributed by atoms with Crippen molar-refractivity contribution in [3.05, 3.63) is 58.6 Å². The van der Waals surface area contributed by atoms with Gasteiger partial charge in [-0.05, 0) is 37.2 Å². The van der Waals surface area contributed by atoms with Gasteiger partial charge in [-0.1, -0.05) is 11.6 Å². The van der Waals surface area contributed by atoms with Crippen molar-refractivity contribution in [2.45, 2.75) is 18.4 Å². The number of hydrogen-bond acceptors (Lipinski definition) is 3. The predicted molar refractivity (Wildman–Crippen MR) is 101 cm³/mol. The van der Waals surface area contributed by atoms with E-state index in [1.807, 2.05) is 0 Å². The van der Waals surface area contributed by atoms with Gasteiger partial charge in [-0.15, -0.1) is 0 Å². The number of carbonyl (C=O) groups is 1. The Morgan fingerprint density at radius 3 is 2.52 bits per heavy atom. The molecule has 2 aromatic carbocycles. The summed E-state index contributed by atoms with van der Waals surface area (Å²) >= 11 is 5.83. The molecule has 1 heterocycles. The van der Waals surface area contributed by atoms with Crippen LogP contribution in [0.15, 0.2) is 36.4 Å². The van der Waals surface area contributed by atoms with E-state index in [4.69, 9.17) is 16.3 Å². The van der Waals surface area contributed by atoms with Crippen molar-refractivity contribution in [1.82, 2.24) is 10.6 Å². The number of benzene rings is 2. The van der Waals surface area contributed by atoms with E-state index in [0.717, 1.165) is 12.1 Å². The number of halogens is 3. The van der Waals surface area contributed by atoms with Gasteiger partial charge in [0.25, 0.3) is 0 Å². The third-order valence-electron chi connectivity index (χ3n) is 4.56. The fourth-order valence-corrected chi connectivity index (χ4v) is 3.38. The largest absolute Gasteiger partial charge is 0.497 e. The molecule has 3 N–H and O–H groups in total. The second-order valence-electron chi connectivity index (χ2n) is 6.32. The molecule has 8 heteroatoms. The first-order valence-corrected chi connectivity index (χ1v) is 8.92. The van der Waals surface area contributed by atoms with Crippen molar-refractivity contribution in [2.24, 2.45) is 0 Å². The van der Waals surface area contributed by atoms with Crippen LogP contribution in [-0.4, -0.2) is 32.3 Å². The second kappa shape index (κ2) is 8.54. The van der Waals surface area contributed by atoms with Crippen molar-refractivity contribution in [2.75, 3.05) is 25.5 Å². The Bertz CT molecular complexity index is 794. The SMILES string of the molecule is COc1cc(F)c(C2CCNCC2NC(=O)Nc2ccc(Cl)cc2)c(F)c1. The van der Waals surface area contributed by atoms with Crippen LogP contribution in [0.4, 0.5) is 19.3 Å². The number of urea groups is 1. The lowest BCUT2D eigenvalue weighted by Gasteiger charge is -2.33. The zero-order chi connectivity index (χ0) is 19.4. The highest BCUT2D eigenvalue weighted by atomic mass is 35.5. The topological polar surface area (TPSA) is 62.4 Å². The van der Waals surface area contributed by atoms with Crippen molar-refractivity contribution in [1.29, 1.82) is 0 Å². The lowest BCUT2D eigenvalue weighted by molar-refractivity contribution is 0.241. The van der Waals surface area contributed by atoms with E-state index in [1.54, 1.807) is 24.3 Å². The summed E-state index contributed by atoms with van der Waals surface area (Å²) in [6.45, 7) is 1.01. The van der Waals surface area contributed by atoms with E-state index in [0.29, 0.717) is 30.2 Å². The zero-order valence-electron chi connectivity index (χ0n) is 14.7. The first-order valence-electron chi connectivity index (χ1n) is 8.54. The minimum absolute atomic E-state index is 0.0332. The maximum Gasteiger partial charge on any atom is 0.319 e. The predicted octanol–water partition coefficient (Wildman–Crippen LogP) is 3.89. The molecule has 0 aromatic heterocycles. The van der Waals surface area contributed by atoms with Crippen LogP contribution in [0, 0.1) is 11.6 Å². The molecule has 1 aliphatic heterocycles. The highest BCUT2D eigenvalue weighted by Crippen LogP contribution is 2.32. The average molecular weight is 396 g/mol. The van der Waals surface area contributed by atoms with Gasteiger partial charge in [0.2, 0.25) is 0 Å². The smallest absolute Gasteiger partial charge is 0.319 e. The summed E-state index contributed by atoms with van der Waals surface area (Å²) in [6, 6.07) is 8.04. The van der Waals surface area contributed by atoms with Crippen LogP contribution in [0.1, 0.15) is 17.9 Å². The molecule has 1 aliphatic rings. The summed E-state index contributed by atoms with van der Waals surface area (Å²) in [7, 11) is 1.35. The molecule has 0 spiro atoms. The summed E-state index contributed by atoms with van der Waals surface area (Å²) in [6.07, 6.45) is 0.492. The second-order valence-corrected chi connectivity index (χ2v) is 6.75. The molecule has 0 bridgehead atoms. The summed E-state index contributed by atoms with van der Waals surface area (Å²) in [5.74, 6) is -1.73. The molecule has 5 nitrogen and oxygen atoms in total. The average Bonchev–Trinajstić information content (AvgIpc) is 2.64. The molecule has 2 unspecified atom stereocenters. The fourth-order valence-electron chi connectivity index (χ4n) is 3.26. The Labute approximate surface area is 161 Å². The summed E-state index contributed by atoms with van der Waals surface area (Å²) in [4.78, 5) is 12.3.